The van der Waals surface area contributed by atoms with Gasteiger partial charge in [-0.2, -0.15) is 8.78 Å². The van der Waals surface area contributed by atoms with Gasteiger partial charge in [0.1, 0.15) is 17.1 Å². The largest absolute Gasteiger partial charge is 0.507 e. The summed E-state index contributed by atoms with van der Waals surface area (Å²) in [6.45, 7) is -3.13. The predicted molar refractivity (Wildman–Crippen MR) is 93.2 cm³/mol. The molecule has 0 aromatic heterocycles. The van der Waals surface area contributed by atoms with Crippen molar-refractivity contribution >= 4 is 23.5 Å². The lowest BCUT2D eigenvalue weighted by Crippen LogP contribution is -2.30. The minimum atomic E-state index is -2.88. The van der Waals surface area contributed by atoms with Gasteiger partial charge in [0.25, 0.3) is 5.91 Å². The van der Waals surface area contributed by atoms with E-state index in [1.807, 2.05) is 0 Å². The van der Waals surface area contributed by atoms with Crippen LogP contribution in [0.3, 0.4) is 0 Å². The molecule has 1 amide bonds. The molecule has 0 atom stereocenters. The van der Waals surface area contributed by atoms with Crippen LogP contribution in [0.15, 0.2) is 42.5 Å². The van der Waals surface area contributed by atoms with E-state index < -0.39 is 25.1 Å². The highest BCUT2D eigenvalue weighted by molar-refractivity contribution is 6.30. The third-order valence-corrected chi connectivity index (χ3v) is 3.63. The number of nitrogens with one attached hydrogen (secondary N) is 1. The van der Waals surface area contributed by atoms with Gasteiger partial charge in [-0.25, -0.2) is 4.79 Å². The third-order valence-electron chi connectivity index (χ3n) is 3.40. The second kappa shape index (κ2) is 9.72. The number of alkyl halides is 2. The second-order valence-corrected chi connectivity index (χ2v) is 5.80. The van der Waals surface area contributed by atoms with Gasteiger partial charge in [-0.1, -0.05) is 23.7 Å². The minimum absolute atomic E-state index is 0.0511. The maximum absolute atomic E-state index is 12.1. The summed E-state index contributed by atoms with van der Waals surface area (Å²) in [6.07, 6.45) is 0.451. The first-order valence-electron chi connectivity index (χ1n) is 7.81. The summed E-state index contributed by atoms with van der Waals surface area (Å²) in [7, 11) is 0. The Labute approximate surface area is 158 Å². The number of hydrogen-bond donors (Lipinski definition) is 2. The summed E-state index contributed by atoms with van der Waals surface area (Å²) in [6, 6.07) is 9.92. The van der Waals surface area contributed by atoms with Gasteiger partial charge in [0.05, 0.1) is 0 Å². The van der Waals surface area contributed by atoms with E-state index in [0.717, 1.165) is 5.56 Å². The van der Waals surface area contributed by atoms with Gasteiger partial charge < -0.3 is 19.9 Å². The molecule has 0 saturated carbocycles. The molecule has 0 heterocycles. The number of aromatic hydroxyl groups is 1. The average Bonchev–Trinajstić information content (AvgIpc) is 2.61. The molecule has 2 aromatic rings. The van der Waals surface area contributed by atoms with Gasteiger partial charge in [-0.05, 0) is 42.3 Å². The van der Waals surface area contributed by atoms with Gasteiger partial charge in [0, 0.05) is 11.6 Å². The van der Waals surface area contributed by atoms with E-state index in [9.17, 15) is 23.5 Å². The van der Waals surface area contributed by atoms with Crippen molar-refractivity contribution in [1.82, 2.24) is 5.32 Å². The molecule has 2 aromatic carbocycles. The van der Waals surface area contributed by atoms with Crippen molar-refractivity contribution in [3.05, 3.63) is 58.6 Å². The number of carbonyl (C=O) groups excluding carboxylic acids is 2. The van der Waals surface area contributed by atoms with Gasteiger partial charge in [-0.15, -0.1) is 0 Å². The molecule has 0 bridgehead atoms. The van der Waals surface area contributed by atoms with Crippen molar-refractivity contribution in [2.45, 2.75) is 13.0 Å². The highest BCUT2D eigenvalue weighted by atomic mass is 35.5. The normalized spacial score (nSPS) is 10.5. The standard InChI is InChI=1S/C18H16ClF2NO5/c19-12-3-6-14(15(23)9-12)17(25)26-10-16(24)22-8-7-11-1-4-13(5-2-11)27-18(20)21/h1-6,9,18,23H,7-8,10H2,(H,22,24). The number of benzene rings is 2. The van der Waals surface area contributed by atoms with Crippen LogP contribution in [0.5, 0.6) is 11.5 Å². The summed E-state index contributed by atoms with van der Waals surface area (Å²) in [5, 5.41) is 12.4. The Morgan fingerprint density at radius 2 is 1.85 bits per heavy atom. The summed E-state index contributed by atoms with van der Waals surface area (Å²) in [5.41, 5.74) is 0.707. The molecule has 144 valence electrons. The Morgan fingerprint density at radius 3 is 2.48 bits per heavy atom. The number of esters is 1. The molecule has 6 nitrogen and oxygen atoms in total. The number of amides is 1. The zero-order valence-corrected chi connectivity index (χ0v) is 14.7. The summed E-state index contributed by atoms with van der Waals surface area (Å²) < 4.78 is 33.2. The first-order chi connectivity index (χ1) is 12.8. The van der Waals surface area contributed by atoms with E-state index in [-0.39, 0.29) is 28.6 Å². The van der Waals surface area contributed by atoms with Crippen LogP contribution in [-0.2, 0) is 16.0 Å². The van der Waals surface area contributed by atoms with Crippen molar-refractivity contribution in [2.75, 3.05) is 13.2 Å². The highest BCUT2D eigenvalue weighted by Gasteiger charge is 2.14. The molecule has 2 rings (SSSR count). The van der Waals surface area contributed by atoms with Crippen LogP contribution in [0, 0.1) is 0 Å². The van der Waals surface area contributed by atoms with Gasteiger partial charge in [0.2, 0.25) is 0 Å². The summed E-state index contributed by atoms with van der Waals surface area (Å²) in [5.74, 6) is -1.66. The summed E-state index contributed by atoms with van der Waals surface area (Å²) >= 11 is 5.67. The lowest BCUT2D eigenvalue weighted by molar-refractivity contribution is -0.124. The van der Waals surface area contributed by atoms with Crippen molar-refractivity contribution in [1.29, 1.82) is 0 Å². The lowest BCUT2D eigenvalue weighted by atomic mass is 10.1. The van der Waals surface area contributed by atoms with Crippen LogP contribution in [0.1, 0.15) is 15.9 Å². The fourth-order valence-corrected chi connectivity index (χ4v) is 2.29. The molecule has 0 unspecified atom stereocenters. The number of ether oxygens (including phenoxy) is 2. The molecule has 0 fully saturated rings. The molecule has 9 heteroatoms. The second-order valence-electron chi connectivity index (χ2n) is 5.36. The zero-order valence-electron chi connectivity index (χ0n) is 14.0. The smallest absolute Gasteiger partial charge is 0.387 e. The molecular formula is C18H16ClF2NO5. The monoisotopic (exact) mass is 399 g/mol. The summed E-state index contributed by atoms with van der Waals surface area (Å²) in [4.78, 5) is 23.5. The number of carbonyl (C=O) groups is 2. The lowest BCUT2D eigenvalue weighted by Gasteiger charge is -2.08. The quantitative estimate of drug-likeness (QED) is 0.666. The van der Waals surface area contributed by atoms with Gasteiger partial charge in [-0.3, -0.25) is 4.79 Å². The Balaban J connectivity index is 1.72. The van der Waals surface area contributed by atoms with Crippen LogP contribution in [0.2, 0.25) is 5.02 Å². The van der Waals surface area contributed by atoms with Crippen LogP contribution >= 0.6 is 11.6 Å². The molecule has 2 N–H and O–H groups in total. The van der Waals surface area contributed by atoms with E-state index in [2.05, 4.69) is 10.1 Å². The maximum Gasteiger partial charge on any atom is 0.387 e. The minimum Gasteiger partial charge on any atom is -0.507 e. The van der Waals surface area contributed by atoms with Crippen LogP contribution in [0.25, 0.3) is 0 Å². The van der Waals surface area contributed by atoms with E-state index in [1.165, 1.54) is 30.3 Å². The number of hydrogen-bond acceptors (Lipinski definition) is 5. The first kappa shape index (κ1) is 20.4. The third kappa shape index (κ3) is 6.74. The van der Waals surface area contributed by atoms with Crippen molar-refractivity contribution in [2.24, 2.45) is 0 Å². The van der Waals surface area contributed by atoms with E-state index in [0.29, 0.717) is 6.42 Å². The Bertz CT molecular complexity index is 799. The average molecular weight is 400 g/mol. The van der Waals surface area contributed by atoms with Gasteiger partial charge in [0.15, 0.2) is 6.61 Å². The highest BCUT2D eigenvalue weighted by Crippen LogP contribution is 2.22. The number of phenols is 1. The number of halogens is 3. The van der Waals surface area contributed by atoms with Gasteiger partial charge >= 0.3 is 12.6 Å². The van der Waals surface area contributed by atoms with Crippen LogP contribution < -0.4 is 10.1 Å². The molecule has 27 heavy (non-hydrogen) atoms. The Hall–Kier alpha value is -2.87. The predicted octanol–water partition coefficient (Wildman–Crippen LogP) is 3.16. The molecule has 0 aliphatic carbocycles. The van der Waals surface area contributed by atoms with E-state index in [1.54, 1.807) is 12.1 Å². The van der Waals surface area contributed by atoms with Crippen LogP contribution in [0.4, 0.5) is 8.78 Å². The van der Waals surface area contributed by atoms with Crippen molar-refractivity contribution in [3.63, 3.8) is 0 Å². The maximum atomic E-state index is 12.1. The number of phenolic OH excluding ortho intramolecular Hbond substituents is 1. The fraction of sp³-hybridized carbons (Fsp3) is 0.222. The van der Waals surface area contributed by atoms with E-state index >= 15 is 0 Å². The molecular weight excluding hydrogens is 384 g/mol. The van der Waals surface area contributed by atoms with Crippen molar-refractivity contribution < 1.29 is 33.0 Å². The Morgan fingerprint density at radius 1 is 1.15 bits per heavy atom. The van der Waals surface area contributed by atoms with E-state index in [4.69, 9.17) is 16.3 Å². The topological polar surface area (TPSA) is 84.9 Å². The number of rotatable bonds is 8. The zero-order chi connectivity index (χ0) is 19.8. The Kier molecular flexibility index (Phi) is 7.36. The molecule has 0 radical (unpaired) electrons. The molecule has 0 spiro atoms. The fourth-order valence-electron chi connectivity index (χ4n) is 2.12. The first-order valence-corrected chi connectivity index (χ1v) is 8.19. The van der Waals surface area contributed by atoms with Crippen LogP contribution in [-0.4, -0.2) is 36.7 Å². The van der Waals surface area contributed by atoms with Crippen molar-refractivity contribution in [3.8, 4) is 11.5 Å². The molecule has 0 aliphatic heterocycles. The molecule has 0 saturated heterocycles. The SMILES string of the molecule is O=C(COC(=O)c1ccc(Cl)cc1O)NCCc1ccc(OC(F)F)cc1. The molecule has 0 aliphatic rings.